The molecule has 0 aromatic carbocycles. The Bertz CT molecular complexity index is 408. The molecule has 1 amide bonds. The van der Waals surface area contributed by atoms with Crippen LogP contribution < -0.4 is 5.32 Å². The molecular formula is C11H15NO4S. The summed E-state index contributed by atoms with van der Waals surface area (Å²) in [7, 11) is 1.18. The number of amides is 1. The molecule has 0 saturated carbocycles. The number of carbonyl (C=O) groups excluding carboxylic acids is 2. The Morgan fingerprint density at radius 3 is 2.65 bits per heavy atom. The molecular weight excluding hydrogens is 242 g/mol. The van der Waals surface area contributed by atoms with E-state index in [-0.39, 0.29) is 12.5 Å². The van der Waals surface area contributed by atoms with E-state index in [0.29, 0.717) is 4.88 Å². The van der Waals surface area contributed by atoms with Crippen LogP contribution in [-0.2, 0) is 9.53 Å². The van der Waals surface area contributed by atoms with Crippen molar-refractivity contribution in [2.24, 2.45) is 0 Å². The summed E-state index contributed by atoms with van der Waals surface area (Å²) in [6.07, 6.45) is -1.33. The molecule has 0 aliphatic carbocycles. The quantitative estimate of drug-likeness (QED) is 0.776. The van der Waals surface area contributed by atoms with Crippen LogP contribution in [0.2, 0.25) is 0 Å². The maximum absolute atomic E-state index is 11.7. The van der Waals surface area contributed by atoms with Crippen LogP contribution in [0.3, 0.4) is 0 Å². The third-order valence-corrected chi connectivity index (χ3v) is 3.47. The van der Waals surface area contributed by atoms with Crippen LogP contribution in [0.25, 0.3) is 0 Å². The highest BCUT2D eigenvalue weighted by Gasteiger charge is 2.17. The van der Waals surface area contributed by atoms with Crippen LogP contribution in [0.1, 0.15) is 20.1 Å². The highest BCUT2D eigenvalue weighted by molar-refractivity contribution is 7.14. The van der Waals surface area contributed by atoms with E-state index in [1.165, 1.54) is 18.4 Å². The number of ether oxygens (including phenoxy) is 1. The molecule has 94 valence electrons. The maximum atomic E-state index is 11.7. The zero-order valence-corrected chi connectivity index (χ0v) is 10.8. The summed E-state index contributed by atoms with van der Waals surface area (Å²) in [5, 5.41) is 11.8. The van der Waals surface area contributed by atoms with Crippen molar-refractivity contribution in [3.63, 3.8) is 0 Å². The first-order chi connectivity index (χ1) is 7.95. The molecule has 0 aliphatic heterocycles. The van der Waals surface area contributed by atoms with Gasteiger partial charge in [0.2, 0.25) is 0 Å². The van der Waals surface area contributed by atoms with Gasteiger partial charge >= 0.3 is 5.97 Å². The molecule has 1 rings (SSSR count). The Morgan fingerprint density at radius 2 is 2.18 bits per heavy atom. The van der Waals surface area contributed by atoms with E-state index in [1.54, 1.807) is 6.07 Å². The van der Waals surface area contributed by atoms with E-state index in [0.717, 1.165) is 10.4 Å². The van der Waals surface area contributed by atoms with Crippen molar-refractivity contribution in [2.75, 3.05) is 13.7 Å². The van der Waals surface area contributed by atoms with Gasteiger partial charge in [0, 0.05) is 4.88 Å². The predicted octanol–water partition coefficient (Wildman–Crippen LogP) is 0.629. The lowest BCUT2D eigenvalue weighted by Crippen LogP contribution is -2.36. The summed E-state index contributed by atoms with van der Waals surface area (Å²) in [5.74, 6) is -1.06. The first kappa shape index (κ1) is 13.7. The third kappa shape index (κ3) is 3.54. The monoisotopic (exact) mass is 257 g/mol. The number of rotatable bonds is 4. The molecule has 0 spiro atoms. The van der Waals surface area contributed by atoms with Gasteiger partial charge < -0.3 is 15.2 Å². The van der Waals surface area contributed by atoms with E-state index < -0.39 is 12.1 Å². The van der Waals surface area contributed by atoms with Gasteiger partial charge in [0.15, 0.2) is 6.10 Å². The lowest BCUT2D eigenvalue weighted by Gasteiger charge is -2.08. The molecule has 0 fully saturated rings. The Balaban J connectivity index is 2.53. The normalized spacial score (nSPS) is 12.0. The molecule has 1 heterocycles. The van der Waals surface area contributed by atoms with Gasteiger partial charge in [-0.3, -0.25) is 4.79 Å². The van der Waals surface area contributed by atoms with E-state index in [2.05, 4.69) is 10.1 Å². The van der Waals surface area contributed by atoms with Crippen molar-refractivity contribution in [1.29, 1.82) is 0 Å². The average molecular weight is 257 g/mol. The van der Waals surface area contributed by atoms with E-state index >= 15 is 0 Å². The van der Waals surface area contributed by atoms with Gasteiger partial charge in [-0.1, -0.05) is 0 Å². The van der Waals surface area contributed by atoms with Crippen LogP contribution >= 0.6 is 11.3 Å². The van der Waals surface area contributed by atoms with Gasteiger partial charge in [0.25, 0.3) is 5.91 Å². The van der Waals surface area contributed by atoms with Crippen molar-refractivity contribution in [3.8, 4) is 0 Å². The van der Waals surface area contributed by atoms with E-state index in [9.17, 15) is 14.7 Å². The second kappa shape index (κ2) is 5.79. The van der Waals surface area contributed by atoms with Crippen molar-refractivity contribution in [2.45, 2.75) is 20.0 Å². The fourth-order valence-electron chi connectivity index (χ4n) is 1.18. The maximum Gasteiger partial charge on any atom is 0.336 e. The molecule has 0 radical (unpaired) electrons. The first-order valence-electron chi connectivity index (χ1n) is 5.06. The summed E-state index contributed by atoms with van der Waals surface area (Å²) in [5.41, 5.74) is 1.05. The molecule has 0 saturated heterocycles. The van der Waals surface area contributed by atoms with Crippen LogP contribution in [-0.4, -0.2) is 36.7 Å². The Morgan fingerprint density at radius 1 is 1.53 bits per heavy atom. The largest absolute Gasteiger partial charge is 0.467 e. The smallest absolute Gasteiger partial charge is 0.336 e. The van der Waals surface area contributed by atoms with E-state index in [4.69, 9.17) is 0 Å². The summed E-state index contributed by atoms with van der Waals surface area (Å²) < 4.78 is 4.34. The average Bonchev–Trinajstić information content (AvgIpc) is 2.65. The SMILES string of the molecule is COC(=O)C(O)CNC(=O)c1cc(C)c(C)s1. The van der Waals surface area contributed by atoms with E-state index in [1.807, 2.05) is 13.8 Å². The minimum Gasteiger partial charge on any atom is -0.467 e. The number of hydrogen-bond acceptors (Lipinski definition) is 5. The van der Waals surface area contributed by atoms with Crippen LogP contribution in [0.15, 0.2) is 6.07 Å². The molecule has 1 unspecified atom stereocenters. The summed E-state index contributed by atoms with van der Waals surface area (Å²) >= 11 is 1.38. The summed E-state index contributed by atoms with van der Waals surface area (Å²) in [4.78, 5) is 24.2. The predicted molar refractivity (Wildman–Crippen MR) is 64.1 cm³/mol. The number of esters is 1. The minimum atomic E-state index is -1.33. The zero-order valence-electron chi connectivity index (χ0n) is 9.94. The summed E-state index contributed by atoms with van der Waals surface area (Å²) in [6, 6.07) is 1.78. The number of aliphatic hydroxyl groups is 1. The molecule has 0 bridgehead atoms. The minimum absolute atomic E-state index is 0.151. The number of nitrogens with one attached hydrogen (secondary N) is 1. The van der Waals surface area contributed by atoms with Gasteiger partial charge in [-0.2, -0.15) is 0 Å². The van der Waals surface area contributed by atoms with Gasteiger partial charge in [0.1, 0.15) is 0 Å². The third-order valence-electron chi connectivity index (χ3n) is 2.32. The van der Waals surface area contributed by atoms with Crippen molar-refractivity contribution < 1.29 is 19.4 Å². The lowest BCUT2D eigenvalue weighted by atomic mass is 10.3. The molecule has 1 atom stereocenters. The highest BCUT2D eigenvalue weighted by Crippen LogP contribution is 2.20. The fourth-order valence-corrected chi connectivity index (χ4v) is 2.13. The topological polar surface area (TPSA) is 75.6 Å². The molecule has 1 aromatic rings. The van der Waals surface area contributed by atoms with Gasteiger partial charge in [0.05, 0.1) is 18.5 Å². The lowest BCUT2D eigenvalue weighted by molar-refractivity contribution is -0.149. The Kier molecular flexibility index (Phi) is 4.65. The van der Waals surface area contributed by atoms with Gasteiger partial charge in [-0.25, -0.2) is 4.79 Å². The second-order valence-electron chi connectivity index (χ2n) is 3.60. The zero-order chi connectivity index (χ0) is 13.0. The van der Waals surface area contributed by atoms with Crippen molar-refractivity contribution >= 4 is 23.2 Å². The Labute approximate surface area is 103 Å². The molecule has 5 nitrogen and oxygen atoms in total. The number of methoxy groups -OCH3 is 1. The number of carbonyl (C=O) groups is 2. The molecule has 17 heavy (non-hydrogen) atoms. The summed E-state index contributed by atoms with van der Waals surface area (Å²) in [6.45, 7) is 3.70. The molecule has 0 aliphatic rings. The number of hydrogen-bond donors (Lipinski definition) is 2. The number of aliphatic hydroxyl groups excluding tert-OH is 1. The van der Waals surface area contributed by atoms with Crippen LogP contribution in [0, 0.1) is 13.8 Å². The van der Waals surface area contributed by atoms with Gasteiger partial charge in [-0.05, 0) is 25.5 Å². The van der Waals surface area contributed by atoms with Crippen LogP contribution in [0.5, 0.6) is 0 Å². The Hall–Kier alpha value is -1.40. The highest BCUT2D eigenvalue weighted by atomic mass is 32.1. The van der Waals surface area contributed by atoms with Crippen molar-refractivity contribution in [3.05, 3.63) is 21.4 Å². The number of aryl methyl sites for hydroxylation is 2. The first-order valence-corrected chi connectivity index (χ1v) is 5.88. The second-order valence-corrected chi connectivity index (χ2v) is 4.86. The number of thiophene rings is 1. The van der Waals surface area contributed by atoms with Gasteiger partial charge in [-0.15, -0.1) is 11.3 Å². The molecule has 2 N–H and O–H groups in total. The fraction of sp³-hybridized carbons (Fsp3) is 0.455. The molecule has 1 aromatic heterocycles. The van der Waals surface area contributed by atoms with Crippen molar-refractivity contribution in [1.82, 2.24) is 5.32 Å². The molecule has 6 heteroatoms. The standard InChI is InChI=1S/C11H15NO4S/c1-6-4-9(17-7(6)2)10(14)12-5-8(13)11(15)16-3/h4,8,13H,5H2,1-3H3,(H,12,14). The van der Waals surface area contributed by atoms with Crippen LogP contribution in [0.4, 0.5) is 0 Å².